The molecule has 1 saturated carbocycles. The molecule has 0 spiro atoms. The first-order valence-electron chi connectivity index (χ1n) is 9.37. The predicted molar refractivity (Wildman–Crippen MR) is 104 cm³/mol. The van der Waals surface area contributed by atoms with E-state index in [1.807, 2.05) is 0 Å². The van der Waals surface area contributed by atoms with Gasteiger partial charge in [0.05, 0.1) is 25.3 Å². The molecule has 0 atom stereocenters. The third-order valence-corrected chi connectivity index (χ3v) is 5.10. The molecule has 3 rings (SSSR count). The Balaban J connectivity index is 2.13. The highest BCUT2D eigenvalue weighted by molar-refractivity contribution is 6.14. The third kappa shape index (κ3) is 3.98. The van der Waals surface area contributed by atoms with E-state index in [2.05, 4.69) is 9.47 Å². The largest absolute Gasteiger partial charge is 0.502 e. The highest BCUT2D eigenvalue weighted by atomic mass is 19.2. The average Bonchev–Trinajstić information content (AvgIpc) is 2.79. The summed E-state index contributed by atoms with van der Waals surface area (Å²) in [6.45, 7) is 0. The van der Waals surface area contributed by atoms with Gasteiger partial charge >= 0.3 is 0 Å². The lowest BCUT2D eigenvalue weighted by Gasteiger charge is -2.18. The van der Waals surface area contributed by atoms with Crippen LogP contribution in [0.1, 0.15) is 30.4 Å². The smallest absolute Gasteiger partial charge is 0.205 e. The van der Waals surface area contributed by atoms with E-state index in [1.54, 1.807) is 0 Å². The molecule has 0 aliphatic heterocycles. The Morgan fingerprint density at radius 2 is 1.03 bits per heavy atom. The van der Waals surface area contributed by atoms with E-state index >= 15 is 0 Å². The summed E-state index contributed by atoms with van der Waals surface area (Å²) in [7, 11) is 1.82. The Morgan fingerprint density at radius 3 is 1.36 bits per heavy atom. The molecule has 5 nitrogen and oxygen atoms in total. The van der Waals surface area contributed by atoms with Crippen LogP contribution in [-0.4, -0.2) is 30.2 Å². The number of phenolic OH excluding ortho intramolecular Hbond substituents is 2. The summed E-state index contributed by atoms with van der Waals surface area (Å²) in [4.78, 5) is 12.8. The second kappa shape index (κ2) is 9.08. The molecule has 2 aromatic rings. The molecule has 0 saturated heterocycles. The lowest BCUT2D eigenvalue weighted by molar-refractivity contribution is -0.112. The van der Waals surface area contributed by atoms with Gasteiger partial charge in [-0.15, -0.1) is 0 Å². The van der Waals surface area contributed by atoms with E-state index in [4.69, 9.17) is 0 Å². The number of ketones is 1. The summed E-state index contributed by atoms with van der Waals surface area (Å²) in [5.41, 5.74) is -2.46. The van der Waals surface area contributed by atoms with Gasteiger partial charge in [-0.25, -0.2) is 17.6 Å². The summed E-state index contributed by atoms with van der Waals surface area (Å²) in [5.74, 6) is -15.7. The summed E-state index contributed by atoms with van der Waals surface area (Å²) in [5, 5.41) is 19.0. The number of allylic oxidation sites excluding steroid dienone is 2. The summed E-state index contributed by atoms with van der Waals surface area (Å²) < 4.78 is 94.5. The molecule has 11 heteroatoms. The molecule has 0 aromatic heterocycles. The van der Waals surface area contributed by atoms with Crippen LogP contribution in [0.3, 0.4) is 0 Å². The number of benzene rings is 2. The average molecular weight is 474 g/mol. The highest BCUT2D eigenvalue weighted by Crippen LogP contribution is 2.40. The zero-order valence-corrected chi connectivity index (χ0v) is 17.2. The molecule has 0 heterocycles. The molecule has 0 radical (unpaired) electrons. The van der Waals surface area contributed by atoms with Crippen LogP contribution in [-0.2, 0) is 4.79 Å². The zero-order chi connectivity index (χ0) is 24.6. The molecular weight excluding hydrogens is 458 g/mol. The topological polar surface area (TPSA) is 76.0 Å². The quantitative estimate of drug-likeness (QED) is 0.363. The Labute approximate surface area is 183 Å². The van der Waals surface area contributed by atoms with Crippen LogP contribution >= 0.6 is 0 Å². The van der Waals surface area contributed by atoms with Crippen molar-refractivity contribution in [2.75, 3.05) is 14.2 Å². The number of hydrogen-bond acceptors (Lipinski definition) is 5. The van der Waals surface area contributed by atoms with Gasteiger partial charge in [0.2, 0.25) is 34.6 Å². The second-order valence-corrected chi connectivity index (χ2v) is 7.00. The fourth-order valence-electron chi connectivity index (χ4n) is 3.44. The van der Waals surface area contributed by atoms with Crippen LogP contribution in [0.25, 0.3) is 12.2 Å². The van der Waals surface area contributed by atoms with Gasteiger partial charge in [-0.05, 0) is 31.4 Å². The van der Waals surface area contributed by atoms with E-state index < -0.39 is 74.8 Å². The molecule has 0 bridgehead atoms. The molecule has 0 amide bonds. The number of ether oxygens (including phenoxy) is 2. The number of rotatable bonds is 4. The number of aromatic hydroxyl groups is 2. The van der Waals surface area contributed by atoms with Crippen molar-refractivity contribution >= 4 is 17.9 Å². The standard InChI is InChI=1S/C22H16F6O5/c1-32-21-14(25)10(12(23)16(27)19(21)30)6-8-4-3-5-9(18(8)29)7-11-13(24)17(28)20(31)22(33-2)15(11)26/h6-7,30-31H,3-5H2,1-2H3/b8-6+,9-7+. The van der Waals surface area contributed by atoms with Gasteiger partial charge in [-0.1, -0.05) is 0 Å². The number of hydrogen-bond donors (Lipinski definition) is 2. The van der Waals surface area contributed by atoms with Gasteiger partial charge in [-0.2, -0.15) is 8.78 Å². The molecule has 1 aliphatic rings. The molecule has 2 N–H and O–H groups in total. The minimum Gasteiger partial charge on any atom is -0.502 e. The SMILES string of the molecule is COc1c(O)c(F)c(F)c(/C=C2\CCC/C(=C\c3c(F)c(F)c(O)c(OC)c3F)C2=O)c1F. The molecule has 1 fully saturated rings. The van der Waals surface area contributed by atoms with Gasteiger partial charge in [0, 0.05) is 11.1 Å². The van der Waals surface area contributed by atoms with Gasteiger partial charge in [0.15, 0.2) is 29.1 Å². The predicted octanol–water partition coefficient (Wildman–Crippen LogP) is 5.17. The Hall–Kier alpha value is -3.63. The summed E-state index contributed by atoms with van der Waals surface area (Å²) >= 11 is 0. The third-order valence-electron chi connectivity index (χ3n) is 5.10. The van der Waals surface area contributed by atoms with Crippen LogP contribution in [0, 0.1) is 34.9 Å². The maximum absolute atomic E-state index is 14.5. The molecule has 33 heavy (non-hydrogen) atoms. The van der Waals surface area contributed by atoms with Crippen molar-refractivity contribution in [1.29, 1.82) is 0 Å². The second-order valence-electron chi connectivity index (χ2n) is 7.00. The zero-order valence-electron chi connectivity index (χ0n) is 17.2. The monoisotopic (exact) mass is 474 g/mol. The fraction of sp³-hybridized carbons (Fsp3) is 0.227. The number of carbonyl (C=O) groups excluding carboxylic acids is 1. The van der Waals surface area contributed by atoms with Crippen molar-refractivity contribution in [2.45, 2.75) is 19.3 Å². The first-order chi connectivity index (χ1) is 15.5. The van der Waals surface area contributed by atoms with Gasteiger partial charge in [0.1, 0.15) is 0 Å². The Morgan fingerprint density at radius 1 is 0.667 bits per heavy atom. The van der Waals surface area contributed by atoms with Crippen molar-refractivity contribution in [2.24, 2.45) is 0 Å². The van der Waals surface area contributed by atoms with Crippen molar-refractivity contribution < 1.29 is 50.8 Å². The van der Waals surface area contributed by atoms with Crippen LogP contribution in [0.15, 0.2) is 11.1 Å². The first-order valence-corrected chi connectivity index (χ1v) is 9.37. The summed E-state index contributed by atoms with van der Waals surface area (Å²) in [6, 6.07) is 0. The Bertz CT molecular complexity index is 1130. The minimum absolute atomic E-state index is 0.0158. The van der Waals surface area contributed by atoms with Crippen molar-refractivity contribution in [3.05, 3.63) is 57.2 Å². The number of halogens is 6. The van der Waals surface area contributed by atoms with Crippen molar-refractivity contribution in [1.82, 2.24) is 0 Å². The number of Topliss-reactive ketones (excluding diaryl/α,β-unsaturated/α-hetero) is 1. The van der Waals surface area contributed by atoms with E-state index in [0.717, 1.165) is 14.2 Å². The van der Waals surface area contributed by atoms with Gasteiger partial charge in [-0.3, -0.25) is 4.79 Å². The van der Waals surface area contributed by atoms with Crippen LogP contribution in [0.2, 0.25) is 0 Å². The minimum atomic E-state index is -1.80. The maximum atomic E-state index is 14.5. The van der Waals surface area contributed by atoms with Gasteiger partial charge in [0.25, 0.3) is 0 Å². The van der Waals surface area contributed by atoms with Crippen molar-refractivity contribution in [3.8, 4) is 23.0 Å². The molecule has 1 aliphatic carbocycles. The molecular formula is C22H16F6O5. The number of methoxy groups -OCH3 is 2. The van der Waals surface area contributed by atoms with E-state index in [-0.39, 0.29) is 30.4 Å². The van der Waals surface area contributed by atoms with Gasteiger partial charge < -0.3 is 19.7 Å². The van der Waals surface area contributed by atoms with Crippen molar-refractivity contribution in [3.63, 3.8) is 0 Å². The van der Waals surface area contributed by atoms with E-state index in [9.17, 15) is 41.4 Å². The van der Waals surface area contributed by atoms with Crippen LogP contribution in [0.5, 0.6) is 23.0 Å². The van der Waals surface area contributed by atoms with Crippen LogP contribution < -0.4 is 9.47 Å². The van der Waals surface area contributed by atoms with E-state index in [0.29, 0.717) is 12.2 Å². The first kappa shape index (κ1) is 24.0. The highest BCUT2D eigenvalue weighted by Gasteiger charge is 2.29. The molecule has 176 valence electrons. The lowest BCUT2D eigenvalue weighted by atomic mass is 9.86. The maximum Gasteiger partial charge on any atom is 0.205 e. The number of phenols is 2. The lowest BCUT2D eigenvalue weighted by Crippen LogP contribution is -2.13. The Kier molecular flexibility index (Phi) is 6.61. The van der Waals surface area contributed by atoms with Crippen LogP contribution in [0.4, 0.5) is 26.3 Å². The normalized spacial score (nSPS) is 16.5. The van der Waals surface area contributed by atoms with E-state index in [1.165, 1.54) is 0 Å². The molecule has 2 aromatic carbocycles. The summed E-state index contributed by atoms with van der Waals surface area (Å²) in [6.07, 6.45) is 1.58. The fourth-order valence-corrected chi connectivity index (χ4v) is 3.44. The molecule has 0 unspecified atom stereocenters. The number of carbonyl (C=O) groups is 1.